The number of benzene rings is 1. The molecule has 2 aliphatic rings. The molecule has 1 saturated heterocycles. The van der Waals surface area contributed by atoms with Crippen molar-refractivity contribution in [1.29, 1.82) is 0 Å². The Morgan fingerprint density at radius 2 is 1.72 bits per heavy atom. The predicted octanol–water partition coefficient (Wildman–Crippen LogP) is 3.67. The minimum Gasteiger partial charge on any atom is -0.355 e. The van der Waals surface area contributed by atoms with Gasteiger partial charge in [0.05, 0.1) is 6.04 Å². The molecule has 0 radical (unpaired) electrons. The zero-order chi connectivity index (χ0) is 20.4. The molecule has 1 unspecified atom stereocenters. The number of aromatic nitrogens is 2. The summed E-state index contributed by atoms with van der Waals surface area (Å²) in [6.07, 6.45) is -0.862. The summed E-state index contributed by atoms with van der Waals surface area (Å²) in [7, 11) is 0. The maximum atomic E-state index is 13.0. The van der Waals surface area contributed by atoms with Gasteiger partial charge in [-0.15, -0.1) is 10.2 Å². The summed E-state index contributed by atoms with van der Waals surface area (Å²) in [6.45, 7) is 1.06. The van der Waals surface area contributed by atoms with Gasteiger partial charge in [-0.1, -0.05) is 30.3 Å². The van der Waals surface area contributed by atoms with Gasteiger partial charge in [0.25, 0.3) is 0 Å². The van der Waals surface area contributed by atoms with Gasteiger partial charge in [0.15, 0.2) is 11.5 Å². The molecule has 2 aromatic rings. The quantitative estimate of drug-likeness (QED) is 0.785. The number of carbonyl (C=O) groups excluding carboxylic acids is 1. The first-order valence-electron chi connectivity index (χ1n) is 9.50. The van der Waals surface area contributed by atoms with Crippen molar-refractivity contribution in [3.05, 3.63) is 53.7 Å². The second-order valence-electron chi connectivity index (χ2n) is 7.18. The van der Waals surface area contributed by atoms with Crippen LogP contribution in [0.3, 0.4) is 0 Å². The van der Waals surface area contributed by atoms with Gasteiger partial charge in [0.2, 0.25) is 5.91 Å². The van der Waals surface area contributed by atoms with Crippen molar-refractivity contribution in [2.24, 2.45) is 11.0 Å². The average molecular weight is 403 g/mol. The number of rotatable bonds is 3. The summed E-state index contributed by atoms with van der Waals surface area (Å²) >= 11 is 0. The molecule has 0 aliphatic carbocycles. The molecule has 152 valence electrons. The van der Waals surface area contributed by atoms with Crippen LogP contribution in [0.4, 0.5) is 19.0 Å². The molecule has 0 saturated carbocycles. The van der Waals surface area contributed by atoms with Gasteiger partial charge in [-0.25, -0.2) is 5.01 Å². The van der Waals surface area contributed by atoms with Crippen LogP contribution in [0.1, 0.15) is 36.6 Å². The Balaban J connectivity index is 1.38. The Hall–Kier alpha value is -2.97. The van der Waals surface area contributed by atoms with E-state index < -0.39 is 11.9 Å². The zero-order valence-corrected chi connectivity index (χ0v) is 15.6. The number of alkyl halides is 3. The first-order valence-corrected chi connectivity index (χ1v) is 9.50. The monoisotopic (exact) mass is 403 g/mol. The molecule has 1 aromatic carbocycles. The van der Waals surface area contributed by atoms with E-state index in [1.54, 1.807) is 11.2 Å². The van der Waals surface area contributed by atoms with E-state index in [-0.39, 0.29) is 17.9 Å². The van der Waals surface area contributed by atoms with Gasteiger partial charge in [0.1, 0.15) is 0 Å². The van der Waals surface area contributed by atoms with E-state index in [0.29, 0.717) is 38.2 Å². The van der Waals surface area contributed by atoms with E-state index in [1.807, 2.05) is 35.2 Å². The van der Waals surface area contributed by atoms with Gasteiger partial charge < -0.3 is 4.90 Å². The van der Waals surface area contributed by atoms with Gasteiger partial charge in [0, 0.05) is 31.6 Å². The Kier molecular flexibility index (Phi) is 5.21. The average Bonchev–Trinajstić information content (AvgIpc) is 3.23. The van der Waals surface area contributed by atoms with Crippen molar-refractivity contribution < 1.29 is 18.0 Å². The van der Waals surface area contributed by atoms with E-state index >= 15 is 0 Å². The molecule has 0 bridgehead atoms. The smallest absolute Gasteiger partial charge is 0.355 e. The summed E-state index contributed by atoms with van der Waals surface area (Å²) in [5.74, 6) is 0.214. The third kappa shape index (κ3) is 4.08. The van der Waals surface area contributed by atoms with Crippen LogP contribution in [-0.2, 0) is 11.0 Å². The van der Waals surface area contributed by atoms with Gasteiger partial charge in [-0.3, -0.25) is 4.79 Å². The lowest BCUT2D eigenvalue weighted by Crippen LogP contribution is -2.41. The number of nitrogens with zero attached hydrogens (tertiary/aromatic N) is 5. The molecule has 0 spiro atoms. The fourth-order valence-electron chi connectivity index (χ4n) is 3.77. The van der Waals surface area contributed by atoms with Crippen molar-refractivity contribution in [2.45, 2.75) is 31.5 Å². The zero-order valence-electron chi connectivity index (χ0n) is 15.6. The van der Waals surface area contributed by atoms with Gasteiger partial charge in [-0.2, -0.15) is 18.3 Å². The number of anilines is 1. The van der Waals surface area contributed by atoms with Crippen molar-refractivity contribution in [1.82, 2.24) is 15.2 Å². The van der Waals surface area contributed by atoms with E-state index in [9.17, 15) is 18.0 Å². The fraction of sp³-hybridized carbons (Fsp3) is 0.400. The van der Waals surface area contributed by atoms with Crippen molar-refractivity contribution >= 4 is 17.9 Å². The maximum absolute atomic E-state index is 13.0. The highest BCUT2D eigenvalue weighted by Gasteiger charge is 2.36. The largest absolute Gasteiger partial charge is 0.435 e. The number of amides is 1. The molecule has 1 atom stereocenters. The van der Waals surface area contributed by atoms with Crippen LogP contribution in [0, 0.1) is 5.92 Å². The summed E-state index contributed by atoms with van der Waals surface area (Å²) < 4.78 is 37.9. The van der Waals surface area contributed by atoms with Gasteiger partial charge >= 0.3 is 6.18 Å². The highest BCUT2D eigenvalue weighted by Crippen LogP contribution is 2.32. The second kappa shape index (κ2) is 7.81. The molecule has 2 aliphatic heterocycles. The minimum absolute atomic E-state index is 0.00856. The van der Waals surface area contributed by atoms with Crippen molar-refractivity contribution in [2.75, 3.05) is 18.0 Å². The normalized spacial score (nSPS) is 20.3. The number of piperidine rings is 1. The molecule has 9 heteroatoms. The first kappa shape index (κ1) is 19.4. The summed E-state index contributed by atoms with van der Waals surface area (Å²) in [6, 6.07) is 12.0. The SMILES string of the molecule is O=C(C1CCN(c2ccc(C(F)(F)F)nn2)CC1)N1N=CCC1c1ccccc1. The van der Waals surface area contributed by atoms with Crippen molar-refractivity contribution in [3.8, 4) is 0 Å². The predicted molar refractivity (Wildman–Crippen MR) is 101 cm³/mol. The molecule has 1 aromatic heterocycles. The van der Waals surface area contributed by atoms with Crippen LogP contribution in [0.15, 0.2) is 47.6 Å². The molecule has 1 fully saturated rings. The van der Waals surface area contributed by atoms with Crippen LogP contribution in [0.25, 0.3) is 0 Å². The molecular weight excluding hydrogens is 383 g/mol. The first-order chi connectivity index (χ1) is 13.9. The Labute approximate surface area is 166 Å². The highest BCUT2D eigenvalue weighted by molar-refractivity contribution is 5.82. The topological polar surface area (TPSA) is 61.7 Å². The number of hydrazone groups is 1. The van der Waals surface area contributed by atoms with Crippen LogP contribution in [0.5, 0.6) is 0 Å². The van der Waals surface area contributed by atoms with Crippen LogP contribution in [0.2, 0.25) is 0 Å². The fourth-order valence-corrected chi connectivity index (χ4v) is 3.77. The van der Waals surface area contributed by atoms with E-state index in [0.717, 1.165) is 11.6 Å². The van der Waals surface area contributed by atoms with Crippen LogP contribution in [-0.4, -0.2) is 40.4 Å². The molecule has 3 heterocycles. The summed E-state index contributed by atoms with van der Waals surface area (Å²) in [4.78, 5) is 14.9. The van der Waals surface area contributed by atoms with E-state index in [2.05, 4.69) is 15.3 Å². The van der Waals surface area contributed by atoms with Crippen molar-refractivity contribution in [3.63, 3.8) is 0 Å². The lowest BCUT2D eigenvalue weighted by atomic mass is 9.94. The maximum Gasteiger partial charge on any atom is 0.435 e. The number of hydrogen-bond donors (Lipinski definition) is 0. The second-order valence-corrected chi connectivity index (χ2v) is 7.18. The van der Waals surface area contributed by atoms with Gasteiger partial charge in [-0.05, 0) is 30.5 Å². The van der Waals surface area contributed by atoms with Crippen LogP contribution < -0.4 is 4.90 Å². The molecule has 6 nitrogen and oxygen atoms in total. The minimum atomic E-state index is -4.50. The molecule has 4 rings (SSSR count). The Morgan fingerprint density at radius 1 is 1.00 bits per heavy atom. The lowest BCUT2D eigenvalue weighted by Gasteiger charge is -2.34. The lowest BCUT2D eigenvalue weighted by molar-refractivity contribution is -0.141. The van der Waals surface area contributed by atoms with E-state index in [4.69, 9.17) is 0 Å². The standard InChI is InChI=1S/C20H20F3N5O/c21-20(22,23)17-6-7-18(26-25-17)27-12-9-15(10-13-27)19(29)28-16(8-11-24-28)14-4-2-1-3-5-14/h1-7,11,15-16H,8-10,12-13H2. The molecular formula is C20H20F3N5O. The number of hydrogen-bond acceptors (Lipinski definition) is 5. The highest BCUT2D eigenvalue weighted by atomic mass is 19.4. The molecule has 1 amide bonds. The summed E-state index contributed by atoms with van der Waals surface area (Å²) in [5, 5.41) is 12.9. The third-order valence-corrected chi connectivity index (χ3v) is 5.35. The Morgan fingerprint density at radius 3 is 2.34 bits per heavy atom. The number of halogens is 3. The molecule has 29 heavy (non-hydrogen) atoms. The number of carbonyl (C=O) groups is 1. The van der Waals surface area contributed by atoms with E-state index in [1.165, 1.54) is 6.07 Å². The van der Waals surface area contributed by atoms with Crippen LogP contribution >= 0.6 is 0 Å². The molecule has 0 N–H and O–H groups in total. The third-order valence-electron chi connectivity index (χ3n) is 5.35. The Bertz CT molecular complexity index is 877. The summed E-state index contributed by atoms with van der Waals surface area (Å²) in [5.41, 5.74) is 0.0426.